The summed E-state index contributed by atoms with van der Waals surface area (Å²) in [5, 5.41) is 0. The van der Waals surface area contributed by atoms with Crippen LogP contribution in [0, 0.1) is 0 Å². The van der Waals surface area contributed by atoms with Gasteiger partial charge in [0.15, 0.2) is 0 Å². The normalized spacial score (nSPS) is 16.8. The van der Waals surface area contributed by atoms with E-state index in [4.69, 9.17) is 10.7 Å². The maximum Gasteiger partial charge on any atom is 0.112 e. The van der Waals surface area contributed by atoms with E-state index in [1.54, 1.807) is 0 Å². The Morgan fingerprint density at radius 3 is 2.83 bits per heavy atom. The third-order valence-corrected chi connectivity index (χ3v) is 4.13. The molecule has 1 aromatic heterocycles. The smallest absolute Gasteiger partial charge is 0.112 e. The average molecular weight is 243 g/mol. The number of nitrogens with two attached hydrogens (primary N) is 1. The van der Waals surface area contributed by atoms with Crippen LogP contribution in [0.2, 0.25) is 0 Å². The number of aryl methyl sites for hydroxylation is 1. The molecule has 0 bridgehead atoms. The van der Waals surface area contributed by atoms with Crippen LogP contribution in [-0.2, 0) is 13.5 Å². The molecular weight excluding hydrogens is 222 g/mol. The molecule has 1 aliphatic rings. The summed E-state index contributed by atoms with van der Waals surface area (Å²) >= 11 is 0. The highest BCUT2D eigenvalue weighted by Gasteiger charge is 2.22. The highest BCUT2D eigenvalue weighted by atomic mass is 15.1. The van der Waals surface area contributed by atoms with Gasteiger partial charge in [0, 0.05) is 13.0 Å². The Morgan fingerprint density at radius 1 is 1.33 bits per heavy atom. The molecule has 1 aromatic carbocycles. The Hall–Kier alpha value is -1.35. The van der Waals surface area contributed by atoms with E-state index >= 15 is 0 Å². The molecule has 96 valence electrons. The Morgan fingerprint density at radius 2 is 2.11 bits per heavy atom. The van der Waals surface area contributed by atoms with Crippen LogP contribution in [0.3, 0.4) is 0 Å². The number of aromatic nitrogens is 2. The van der Waals surface area contributed by atoms with Gasteiger partial charge in [0.05, 0.1) is 11.0 Å². The predicted molar refractivity (Wildman–Crippen MR) is 74.7 cm³/mol. The van der Waals surface area contributed by atoms with Crippen LogP contribution < -0.4 is 5.73 Å². The van der Waals surface area contributed by atoms with Crippen molar-refractivity contribution < 1.29 is 0 Å². The summed E-state index contributed by atoms with van der Waals surface area (Å²) in [7, 11) is 2.15. The average Bonchev–Trinajstić information content (AvgIpc) is 2.99. The molecule has 0 atom stereocenters. The fraction of sp³-hybridized carbons (Fsp3) is 0.533. The lowest BCUT2D eigenvalue weighted by Gasteiger charge is -2.08. The molecule has 0 unspecified atom stereocenters. The summed E-state index contributed by atoms with van der Waals surface area (Å²) in [4.78, 5) is 4.83. The Bertz CT molecular complexity index is 550. The van der Waals surface area contributed by atoms with E-state index in [1.165, 1.54) is 42.6 Å². The second-order valence-corrected chi connectivity index (χ2v) is 5.37. The fourth-order valence-corrected chi connectivity index (χ4v) is 3.13. The molecule has 0 aliphatic heterocycles. The quantitative estimate of drug-likeness (QED) is 0.900. The van der Waals surface area contributed by atoms with Gasteiger partial charge in [0.1, 0.15) is 5.82 Å². The molecule has 3 rings (SSSR count). The maximum atomic E-state index is 5.62. The molecule has 0 saturated heterocycles. The van der Waals surface area contributed by atoms with Crippen LogP contribution in [0.4, 0.5) is 0 Å². The number of rotatable bonds is 3. The van der Waals surface area contributed by atoms with Crippen molar-refractivity contribution in [3.8, 4) is 0 Å². The van der Waals surface area contributed by atoms with Gasteiger partial charge in [-0.2, -0.15) is 0 Å². The molecule has 2 aromatic rings. The van der Waals surface area contributed by atoms with E-state index in [9.17, 15) is 0 Å². The van der Waals surface area contributed by atoms with Crippen molar-refractivity contribution in [2.45, 2.75) is 38.0 Å². The zero-order valence-corrected chi connectivity index (χ0v) is 11.0. The fourth-order valence-electron chi connectivity index (χ4n) is 3.13. The molecule has 0 radical (unpaired) electrons. The first-order valence-electron chi connectivity index (χ1n) is 6.95. The van der Waals surface area contributed by atoms with Gasteiger partial charge in [-0.05, 0) is 43.5 Å². The van der Waals surface area contributed by atoms with E-state index < -0.39 is 0 Å². The highest BCUT2D eigenvalue weighted by molar-refractivity contribution is 5.77. The lowest BCUT2D eigenvalue weighted by molar-refractivity contribution is 0.639. The highest BCUT2D eigenvalue weighted by Crippen LogP contribution is 2.34. The largest absolute Gasteiger partial charge is 0.331 e. The molecule has 1 heterocycles. The van der Waals surface area contributed by atoms with Gasteiger partial charge in [0.25, 0.3) is 0 Å². The lowest BCUT2D eigenvalue weighted by atomic mass is 10.1. The molecule has 0 spiro atoms. The van der Waals surface area contributed by atoms with Gasteiger partial charge in [0.2, 0.25) is 0 Å². The Kier molecular flexibility index (Phi) is 3.08. The third-order valence-electron chi connectivity index (χ3n) is 4.13. The molecular formula is C15H21N3. The standard InChI is InChI=1S/C15H21N3/c1-18-14-10-11(8-9-16)6-7-13(14)17-15(18)12-4-2-3-5-12/h6-7,10,12H,2-5,8-9,16H2,1H3. The number of hydrogen-bond acceptors (Lipinski definition) is 2. The summed E-state index contributed by atoms with van der Waals surface area (Å²) in [5.41, 5.74) is 9.31. The third kappa shape index (κ3) is 1.93. The Balaban J connectivity index is 2.04. The number of hydrogen-bond donors (Lipinski definition) is 1. The van der Waals surface area contributed by atoms with Gasteiger partial charge in [-0.15, -0.1) is 0 Å². The molecule has 1 fully saturated rings. The van der Waals surface area contributed by atoms with Gasteiger partial charge >= 0.3 is 0 Å². The number of imidazole rings is 1. The molecule has 0 amide bonds. The van der Waals surface area contributed by atoms with Crippen molar-refractivity contribution in [2.75, 3.05) is 6.54 Å². The molecule has 3 nitrogen and oxygen atoms in total. The van der Waals surface area contributed by atoms with Gasteiger partial charge in [-0.1, -0.05) is 18.9 Å². The predicted octanol–water partition coefficient (Wildman–Crippen LogP) is 2.73. The summed E-state index contributed by atoms with van der Waals surface area (Å²) in [5.74, 6) is 1.94. The van der Waals surface area contributed by atoms with Gasteiger partial charge < -0.3 is 10.3 Å². The molecule has 1 saturated carbocycles. The Labute approximate surface area is 108 Å². The minimum atomic E-state index is 0.667. The van der Waals surface area contributed by atoms with E-state index in [0.717, 1.165) is 11.9 Å². The van der Waals surface area contributed by atoms with Crippen LogP contribution >= 0.6 is 0 Å². The molecule has 18 heavy (non-hydrogen) atoms. The zero-order valence-electron chi connectivity index (χ0n) is 11.0. The minimum absolute atomic E-state index is 0.667. The number of nitrogens with zero attached hydrogens (tertiary/aromatic N) is 2. The van der Waals surface area contributed by atoms with Crippen molar-refractivity contribution >= 4 is 11.0 Å². The molecule has 2 N–H and O–H groups in total. The van der Waals surface area contributed by atoms with Gasteiger partial charge in [-0.3, -0.25) is 0 Å². The summed E-state index contributed by atoms with van der Waals surface area (Å²) < 4.78 is 2.28. The summed E-state index contributed by atoms with van der Waals surface area (Å²) in [6, 6.07) is 6.53. The molecule has 1 aliphatic carbocycles. The second kappa shape index (κ2) is 4.73. The van der Waals surface area contributed by atoms with E-state index in [2.05, 4.69) is 29.8 Å². The van der Waals surface area contributed by atoms with Crippen molar-refractivity contribution in [2.24, 2.45) is 12.8 Å². The van der Waals surface area contributed by atoms with Crippen molar-refractivity contribution in [3.05, 3.63) is 29.6 Å². The van der Waals surface area contributed by atoms with Crippen molar-refractivity contribution in [3.63, 3.8) is 0 Å². The van der Waals surface area contributed by atoms with E-state index in [-0.39, 0.29) is 0 Å². The first-order chi connectivity index (χ1) is 8.79. The number of fused-ring (bicyclic) bond motifs is 1. The maximum absolute atomic E-state index is 5.62. The first-order valence-corrected chi connectivity index (χ1v) is 6.95. The van der Waals surface area contributed by atoms with E-state index in [0.29, 0.717) is 12.5 Å². The first kappa shape index (κ1) is 11.7. The van der Waals surface area contributed by atoms with Crippen molar-refractivity contribution in [1.29, 1.82) is 0 Å². The lowest BCUT2D eigenvalue weighted by Crippen LogP contribution is -2.03. The van der Waals surface area contributed by atoms with Crippen molar-refractivity contribution in [1.82, 2.24) is 9.55 Å². The van der Waals surface area contributed by atoms with Crippen LogP contribution in [0.25, 0.3) is 11.0 Å². The van der Waals surface area contributed by atoms with Crippen LogP contribution in [-0.4, -0.2) is 16.1 Å². The summed E-state index contributed by atoms with van der Waals surface area (Å²) in [6.07, 6.45) is 6.25. The van der Waals surface area contributed by atoms with Crippen LogP contribution in [0.15, 0.2) is 18.2 Å². The molecule has 3 heteroatoms. The van der Waals surface area contributed by atoms with Crippen LogP contribution in [0.5, 0.6) is 0 Å². The minimum Gasteiger partial charge on any atom is -0.331 e. The topological polar surface area (TPSA) is 43.8 Å². The number of benzene rings is 1. The SMILES string of the molecule is Cn1c(C2CCCC2)nc2ccc(CCN)cc21. The monoisotopic (exact) mass is 243 g/mol. The van der Waals surface area contributed by atoms with Gasteiger partial charge in [-0.25, -0.2) is 4.98 Å². The van der Waals surface area contributed by atoms with E-state index in [1.807, 2.05) is 0 Å². The van der Waals surface area contributed by atoms with Crippen LogP contribution in [0.1, 0.15) is 43.0 Å². The summed E-state index contributed by atoms with van der Waals surface area (Å²) in [6.45, 7) is 0.707. The second-order valence-electron chi connectivity index (χ2n) is 5.37. The zero-order chi connectivity index (χ0) is 12.5.